The molecule has 3 heteroatoms. The molecule has 0 atom stereocenters. The molecule has 0 aliphatic carbocycles. The first-order valence-corrected chi connectivity index (χ1v) is 4.93. The zero-order valence-electron chi connectivity index (χ0n) is 7.92. The molecule has 2 nitrogen and oxygen atoms in total. The summed E-state index contributed by atoms with van der Waals surface area (Å²) in [7, 11) is 0. The Hall–Kier alpha value is -1.74. The molecule has 74 valence electrons. The molecule has 0 amide bonds. The summed E-state index contributed by atoms with van der Waals surface area (Å²) in [6.07, 6.45) is 1.74. The van der Waals surface area contributed by atoms with E-state index in [1.807, 2.05) is 36.4 Å². The molecule has 1 heterocycles. The second-order valence-electron chi connectivity index (χ2n) is 3.10. The van der Waals surface area contributed by atoms with Crippen molar-refractivity contribution in [3.05, 3.63) is 54.2 Å². The minimum absolute atomic E-state index is 0.0900. The van der Waals surface area contributed by atoms with Gasteiger partial charge in [-0.2, -0.15) is 0 Å². The summed E-state index contributed by atoms with van der Waals surface area (Å²) in [5, 5.41) is 9.12. The average molecular weight is 215 g/mol. The van der Waals surface area contributed by atoms with Gasteiger partial charge in [-0.3, -0.25) is 4.98 Å². The number of aliphatic hydroxyl groups excluding tert-OH is 1. The van der Waals surface area contributed by atoms with Gasteiger partial charge in [0.15, 0.2) is 5.05 Å². The van der Waals surface area contributed by atoms with Crippen LogP contribution in [0.25, 0.3) is 11.3 Å². The number of nitrogens with zero attached hydrogens (tertiary/aromatic N) is 1. The predicted molar refractivity (Wildman–Crippen MR) is 64.0 cm³/mol. The van der Waals surface area contributed by atoms with Crippen molar-refractivity contribution in [2.75, 3.05) is 0 Å². The summed E-state index contributed by atoms with van der Waals surface area (Å²) in [6.45, 7) is 0. The van der Waals surface area contributed by atoms with E-state index in [2.05, 4.69) is 4.98 Å². The summed E-state index contributed by atoms with van der Waals surface area (Å²) >= 11 is 4.71. The Kier molecular flexibility index (Phi) is 2.74. The summed E-state index contributed by atoms with van der Waals surface area (Å²) in [6, 6.07) is 13.1. The fraction of sp³-hybridized carbons (Fsp3) is 0. The van der Waals surface area contributed by atoms with Gasteiger partial charge >= 0.3 is 0 Å². The van der Waals surface area contributed by atoms with E-state index in [0.29, 0.717) is 5.56 Å². The predicted octanol–water partition coefficient (Wildman–Crippen LogP) is 2.98. The van der Waals surface area contributed by atoms with Crippen molar-refractivity contribution in [1.82, 2.24) is 4.98 Å². The summed E-state index contributed by atoms with van der Waals surface area (Å²) in [4.78, 5) is 4.22. The highest BCUT2D eigenvalue weighted by molar-refractivity contribution is 7.80. The first-order chi connectivity index (χ1) is 7.27. The number of benzene rings is 1. The molecule has 2 aromatic rings. The molecule has 2 rings (SSSR count). The summed E-state index contributed by atoms with van der Waals surface area (Å²) < 4.78 is 0. The van der Waals surface area contributed by atoms with Gasteiger partial charge in [-0.1, -0.05) is 24.3 Å². The highest BCUT2D eigenvalue weighted by Crippen LogP contribution is 2.17. The number of aliphatic hydroxyl groups is 1. The molecule has 0 spiro atoms. The van der Waals surface area contributed by atoms with Crippen molar-refractivity contribution in [3.8, 4) is 11.3 Å². The molecule has 0 fully saturated rings. The third-order valence-corrected chi connectivity index (χ3v) is 2.31. The lowest BCUT2D eigenvalue weighted by atomic mass is 10.1. The zero-order chi connectivity index (χ0) is 10.7. The van der Waals surface area contributed by atoms with Crippen molar-refractivity contribution in [2.45, 2.75) is 0 Å². The fourth-order valence-corrected chi connectivity index (χ4v) is 1.47. The summed E-state index contributed by atoms with van der Waals surface area (Å²) in [5.74, 6) is 0. The molecule has 1 N–H and O–H groups in total. The van der Waals surface area contributed by atoms with E-state index in [0.717, 1.165) is 11.3 Å². The fourth-order valence-electron chi connectivity index (χ4n) is 1.35. The van der Waals surface area contributed by atoms with Crippen LogP contribution in [0.5, 0.6) is 0 Å². The van der Waals surface area contributed by atoms with Crippen LogP contribution in [0.4, 0.5) is 0 Å². The van der Waals surface area contributed by atoms with Crippen LogP contribution in [0.2, 0.25) is 0 Å². The van der Waals surface area contributed by atoms with Crippen LogP contribution in [0.1, 0.15) is 5.56 Å². The normalized spacial score (nSPS) is 9.87. The molecule has 0 aliphatic heterocycles. The lowest BCUT2D eigenvalue weighted by Gasteiger charge is -2.02. The SMILES string of the molecule is OC(=S)c1cccc(-c2ccccn2)c1. The Morgan fingerprint density at radius 2 is 2.00 bits per heavy atom. The topological polar surface area (TPSA) is 33.1 Å². The van der Waals surface area contributed by atoms with Crippen LogP contribution in [0.15, 0.2) is 48.7 Å². The minimum Gasteiger partial charge on any atom is -0.499 e. The van der Waals surface area contributed by atoms with Gasteiger partial charge in [0.2, 0.25) is 0 Å². The standard InChI is InChI=1S/C12H9NOS/c14-12(15)10-5-3-4-9(8-10)11-6-1-2-7-13-11/h1-8H,(H,14,15). The Labute approximate surface area is 93.2 Å². The highest BCUT2D eigenvalue weighted by Gasteiger charge is 2.01. The van der Waals surface area contributed by atoms with E-state index in [1.165, 1.54) is 0 Å². The largest absolute Gasteiger partial charge is 0.499 e. The Morgan fingerprint density at radius 1 is 1.13 bits per heavy atom. The maximum absolute atomic E-state index is 9.21. The van der Waals surface area contributed by atoms with Gasteiger partial charge in [-0.05, 0) is 30.4 Å². The molecule has 0 saturated carbocycles. The van der Waals surface area contributed by atoms with Crippen molar-refractivity contribution in [1.29, 1.82) is 0 Å². The maximum Gasteiger partial charge on any atom is 0.188 e. The second-order valence-corrected chi connectivity index (χ2v) is 3.49. The number of rotatable bonds is 2. The van der Waals surface area contributed by atoms with Gasteiger partial charge in [0.1, 0.15) is 0 Å². The van der Waals surface area contributed by atoms with Crippen LogP contribution in [-0.4, -0.2) is 15.1 Å². The molecule has 1 aromatic heterocycles. The number of pyridine rings is 1. The quantitative estimate of drug-likeness (QED) is 0.782. The van der Waals surface area contributed by atoms with Gasteiger partial charge in [-0.25, -0.2) is 0 Å². The van der Waals surface area contributed by atoms with Crippen LogP contribution in [0.3, 0.4) is 0 Å². The van der Waals surface area contributed by atoms with Crippen LogP contribution < -0.4 is 0 Å². The highest BCUT2D eigenvalue weighted by atomic mass is 32.1. The number of thiocarbonyl (C=S) groups is 1. The van der Waals surface area contributed by atoms with E-state index in [1.54, 1.807) is 12.3 Å². The molecule has 1 aromatic carbocycles. The Balaban J connectivity index is 2.46. The third-order valence-electron chi connectivity index (χ3n) is 2.07. The second kappa shape index (κ2) is 4.19. The van der Waals surface area contributed by atoms with E-state index in [4.69, 9.17) is 12.2 Å². The molecule has 0 aliphatic rings. The van der Waals surface area contributed by atoms with Gasteiger partial charge < -0.3 is 5.11 Å². The Bertz CT molecular complexity index is 482. The average Bonchev–Trinajstić information content (AvgIpc) is 2.30. The molecule has 15 heavy (non-hydrogen) atoms. The monoisotopic (exact) mass is 215 g/mol. The molecule has 0 unspecified atom stereocenters. The van der Waals surface area contributed by atoms with Crippen molar-refractivity contribution < 1.29 is 5.11 Å². The molecular weight excluding hydrogens is 206 g/mol. The van der Waals surface area contributed by atoms with E-state index in [9.17, 15) is 5.11 Å². The van der Waals surface area contributed by atoms with Crippen molar-refractivity contribution in [2.24, 2.45) is 0 Å². The Morgan fingerprint density at radius 3 is 2.67 bits per heavy atom. The molecule has 0 bridgehead atoms. The first-order valence-electron chi connectivity index (χ1n) is 4.52. The number of aromatic nitrogens is 1. The van der Waals surface area contributed by atoms with Gasteiger partial charge in [0.25, 0.3) is 0 Å². The lowest BCUT2D eigenvalue weighted by Crippen LogP contribution is -1.94. The molecule has 0 radical (unpaired) electrons. The van der Waals surface area contributed by atoms with E-state index < -0.39 is 0 Å². The van der Waals surface area contributed by atoms with Crippen molar-refractivity contribution in [3.63, 3.8) is 0 Å². The van der Waals surface area contributed by atoms with Crippen LogP contribution >= 0.6 is 12.2 Å². The number of hydrogen-bond donors (Lipinski definition) is 1. The van der Waals surface area contributed by atoms with Gasteiger partial charge in [0, 0.05) is 17.3 Å². The molecular formula is C12H9NOS. The molecule has 0 saturated heterocycles. The minimum atomic E-state index is -0.0900. The smallest absolute Gasteiger partial charge is 0.188 e. The maximum atomic E-state index is 9.21. The summed E-state index contributed by atoms with van der Waals surface area (Å²) in [5.41, 5.74) is 2.47. The zero-order valence-corrected chi connectivity index (χ0v) is 8.74. The van der Waals surface area contributed by atoms with Crippen molar-refractivity contribution >= 4 is 17.3 Å². The van der Waals surface area contributed by atoms with E-state index in [-0.39, 0.29) is 5.05 Å². The van der Waals surface area contributed by atoms with Gasteiger partial charge in [0.05, 0.1) is 5.69 Å². The van der Waals surface area contributed by atoms with Crippen LogP contribution in [-0.2, 0) is 0 Å². The van der Waals surface area contributed by atoms with Gasteiger partial charge in [-0.15, -0.1) is 0 Å². The third kappa shape index (κ3) is 2.19. The lowest BCUT2D eigenvalue weighted by molar-refractivity contribution is 0.571. The first kappa shape index (κ1) is 9.80. The van der Waals surface area contributed by atoms with E-state index >= 15 is 0 Å². The van der Waals surface area contributed by atoms with Crippen LogP contribution in [0, 0.1) is 0 Å². The number of hydrogen-bond acceptors (Lipinski definition) is 2.